The fourth-order valence-corrected chi connectivity index (χ4v) is 3.49. The molecule has 7 nitrogen and oxygen atoms in total. The van der Waals surface area contributed by atoms with E-state index in [0.717, 1.165) is 40.3 Å². The molecule has 2 heterocycles. The van der Waals surface area contributed by atoms with Crippen LogP contribution in [0.3, 0.4) is 0 Å². The molecular weight excluding hydrogens is 404 g/mol. The van der Waals surface area contributed by atoms with Gasteiger partial charge in [0.05, 0.1) is 12.7 Å². The lowest BCUT2D eigenvalue weighted by Gasteiger charge is -2.15. The Morgan fingerprint density at radius 3 is 2.78 bits per heavy atom. The van der Waals surface area contributed by atoms with Gasteiger partial charge in [0, 0.05) is 42.7 Å². The third kappa shape index (κ3) is 4.89. The van der Waals surface area contributed by atoms with Gasteiger partial charge in [0.15, 0.2) is 0 Å². The van der Waals surface area contributed by atoms with Crippen LogP contribution in [0.1, 0.15) is 37.3 Å². The lowest BCUT2D eigenvalue weighted by Crippen LogP contribution is -2.14. The predicted molar refractivity (Wildman–Crippen MR) is 127 cm³/mol. The first-order valence-corrected chi connectivity index (χ1v) is 10.8. The van der Waals surface area contributed by atoms with E-state index in [1.54, 1.807) is 19.3 Å². The maximum absolute atomic E-state index is 12.2. The summed E-state index contributed by atoms with van der Waals surface area (Å²) >= 11 is 0. The normalized spacial score (nSPS) is 14.1. The summed E-state index contributed by atoms with van der Waals surface area (Å²) in [6.45, 7) is 6.49. The lowest BCUT2D eigenvalue weighted by atomic mass is 9.96. The average molecular weight is 433 g/mol. The summed E-state index contributed by atoms with van der Waals surface area (Å²) in [5.41, 5.74) is 2.54. The minimum absolute atomic E-state index is 0.0159. The van der Waals surface area contributed by atoms with E-state index in [1.807, 2.05) is 37.4 Å². The van der Waals surface area contributed by atoms with E-state index >= 15 is 0 Å². The molecule has 0 saturated heterocycles. The van der Waals surface area contributed by atoms with Crippen molar-refractivity contribution >= 4 is 33.9 Å². The van der Waals surface area contributed by atoms with E-state index in [0.29, 0.717) is 30.4 Å². The number of pyridine rings is 2. The number of anilines is 2. The second-order valence-electron chi connectivity index (χ2n) is 8.14. The molecule has 3 aromatic rings. The Morgan fingerprint density at radius 1 is 1.25 bits per heavy atom. The summed E-state index contributed by atoms with van der Waals surface area (Å²) in [7, 11) is 1.81. The van der Waals surface area contributed by atoms with Crippen molar-refractivity contribution in [3.8, 4) is 5.75 Å². The van der Waals surface area contributed by atoms with Gasteiger partial charge in [-0.05, 0) is 54.5 Å². The molecule has 1 unspecified atom stereocenters. The highest BCUT2D eigenvalue weighted by atomic mass is 16.5. The molecule has 1 saturated carbocycles. The standard InChI is InChI=1S/C25H28N4O3/c1-15(30)9-10-32-19-6-4-5-18(11-19)16(2)21-13-28-24(26-3)22-14-27-23(12-20(21)22)29-25(31)17-7-8-17/h4-6,11-15,17,30H,2,7-10H2,1,3H3,(H,26,28)(H,27,29,31). The quantitative estimate of drug-likeness (QED) is 0.468. The van der Waals surface area contributed by atoms with Gasteiger partial charge in [-0.2, -0.15) is 0 Å². The average Bonchev–Trinajstić information content (AvgIpc) is 3.63. The van der Waals surface area contributed by atoms with Crippen LogP contribution >= 0.6 is 0 Å². The minimum Gasteiger partial charge on any atom is -0.493 e. The van der Waals surface area contributed by atoms with E-state index in [1.165, 1.54) is 0 Å². The van der Waals surface area contributed by atoms with Gasteiger partial charge >= 0.3 is 0 Å². The molecule has 166 valence electrons. The summed E-state index contributed by atoms with van der Waals surface area (Å²) in [6, 6.07) is 9.58. The van der Waals surface area contributed by atoms with Crippen LogP contribution in [-0.2, 0) is 4.79 Å². The highest BCUT2D eigenvalue weighted by molar-refractivity contribution is 6.03. The Bertz CT molecular complexity index is 1160. The fourth-order valence-electron chi connectivity index (χ4n) is 3.49. The highest BCUT2D eigenvalue weighted by Crippen LogP contribution is 2.34. The van der Waals surface area contributed by atoms with Gasteiger partial charge in [-0.15, -0.1) is 0 Å². The van der Waals surface area contributed by atoms with Crippen molar-refractivity contribution in [3.05, 3.63) is 60.4 Å². The molecule has 3 N–H and O–H groups in total. The third-order valence-corrected chi connectivity index (χ3v) is 5.52. The van der Waals surface area contributed by atoms with Crippen LogP contribution in [-0.4, -0.2) is 40.7 Å². The van der Waals surface area contributed by atoms with Crippen LogP contribution in [0.25, 0.3) is 16.3 Å². The van der Waals surface area contributed by atoms with Gasteiger partial charge in [-0.25, -0.2) is 9.97 Å². The molecule has 2 aromatic heterocycles. The van der Waals surface area contributed by atoms with Crippen LogP contribution in [0.5, 0.6) is 5.75 Å². The van der Waals surface area contributed by atoms with Crippen LogP contribution in [0.15, 0.2) is 49.3 Å². The molecule has 1 aliphatic rings. The van der Waals surface area contributed by atoms with Gasteiger partial charge in [-0.3, -0.25) is 4.79 Å². The first-order chi connectivity index (χ1) is 15.5. The zero-order chi connectivity index (χ0) is 22.7. The number of hydrogen-bond acceptors (Lipinski definition) is 6. The van der Waals surface area contributed by atoms with E-state index in [4.69, 9.17) is 4.74 Å². The minimum atomic E-state index is -0.403. The Balaban J connectivity index is 1.66. The van der Waals surface area contributed by atoms with Crippen molar-refractivity contribution in [1.29, 1.82) is 0 Å². The maximum atomic E-state index is 12.2. The highest BCUT2D eigenvalue weighted by Gasteiger charge is 2.29. The van der Waals surface area contributed by atoms with Crippen molar-refractivity contribution in [2.45, 2.75) is 32.3 Å². The van der Waals surface area contributed by atoms with E-state index < -0.39 is 6.10 Å². The number of benzene rings is 1. The predicted octanol–water partition coefficient (Wildman–Crippen LogP) is 4.23. The van der Waals surface area contributed by atoms with Crippen molar-refractivity contribution in [2.24, 2.45) is 5.92 Å². The SMILES string of the molecule is C=C(c1cccc(OCCC(C)O)c1)c1cnc(NC)c2cnc(NC(=O)C3CC3)cc12. The summed E-state index contributed by atoms with van der Waals surface area (Å²) in [5, 5.41) is 17.2. The molecule has 1 fully saturated rings. The number of aliphatic hydroxyl groups is 1. The number of hydrogen-bond donors (Lipinski definition) is 3. The fraction of sp³-hybridized carbons (Fsp3) is 0.320. The number of nitrogens with one attached hydrogen (secondary N) is 2. The number of amides is 1. The van der Waals surface area contributed by atoms with Crippen molar-refractivity contribution < 1.29 is 14.6 Å². The molecular formula is C25H28N4O3. The zero-order valence-corrected chi connectivity index (χ0v) is 18.4. The van der Waals surface area contributed by atoms with Crippen LogP contribution < -0.4 is 15.4 Å². The first kappa shape index (κ1) is 21.8. The summed E-state index contributed by atoms with van der Waals surface area (Å²) in [4.78, 5) is 21.2. The monoisotopic (exact) mass is 432 g/mol. The maximum Gasteiger partial charge on any atom is 0.228 e. The molecule has 0 spiro atoms. The number of nitrogens with zero attached hydrogens (tertiary/aromatic N) is 2. The molecule has 1 aliphatic carbocycles. The molecule has 0 aliphatic heterocycles. The first-order valence-electron chi connectivity index (χ1n) is 10.8. The number of fused-ring (bicyclic) bond motifs is 1. The third-order valence-electron chi connectivity index (χ3n) is 5.52. The van der Waals surface area contributed by atoms with Crippen molar-refractivity contribution in [2.75, 3.05) is 24.3 Å². The van der Waals surface area contributed by atoms with Gasteiger partial charge in [-0.1, -0.05) is 18.7 Å². The molecule has 32 heavy (non-hydrogen) atoms. The van der Waals surface area contributed by atoms with Crippen LogP contribution in [0, 0.1) is 5.92 Å². The Kier molecular flexibility index (Phi) is 6.37. The van der Waals surface area contributed by atoms with Crippen molar-refractivity contribution in [1.82, 2.24) is 9.97 Å². The molecule has 0 bridgehead atoms. The molecule has 0 radical (unpaired) electrons. The van der Waals surface area contributed by atoms with E-state index in [2.05, 4.69) is 27.2 Å². The van der Waals surface area contributed by atoms with Crippen molar-refractivity contribution in [3.63, 3.8) is 0 Å². The molecule has 1 amide bonds. The number of carbonyl (C=O) groups is 1. The molecule has 1 aromatic carbocycles. The van der Waals surface area contributed by atoms with E-state index in [-0.39, 0.29) is 11.8 Å². The second kappa shape index (κ2) is 9.36. The van der Waals surface area contributed by atoms with Gasteiger partial charge in [0.2, 0.25) is 5.91 Å². The number of carbonyl (C=O) groups excluding carboxylic acids is 1. The Hall–Kier alpha value is -3.45. The smallest absolute Gasteiger partial charge is 0.228 e. The van der Waals surface area contributed by atoms with Crippen LogP contribution in [0.4, 0.5) is 11.6 Å². The summed E-state index contributed by atoms with van der Waals surface area (Å²) < 4.78 is 5.77. The van der Waals surface area contributed by atoms with Gasteiger partial charge in [0.1, 0.15) is 17.4 Å². The molecule has 4 rings (SSSR count). The van der Waals surface area contributed by atoms with Gasteiger partial charge < -0.3 is 20.5 Å². The van der Waals surface area contributed by atoms with Crippen LogP contribution in [0.2, 0.25) is 0 Å². The number of aliphatic hydroxyl groups excluding tert-OH is 1. The largest absolute Gasteiger partial charge is 0.493 e. The zero-order valence-electron chi connectivity index (χ0n) is 18.4. The topological polar surface area (TPSA) is 96.4 Å². The van der Waals surface area contributed by atoms with Gasteiger partial charge in [0.25, 0.3) is 0 Å². The molecule has 7 heteroatoms. The second-order valence-corrected chi connectivity index (χ2v) is 8.14. The molecule has 1 atom stereocenters. The summed E-state index contributed by atoms with van der Waals surface area (Å²) in [6.07, 6.45) is 5.54. The Morgan fingerprint density at radius 2 is 2.06 bits per heavy atom. The number of rotatable bonds is 9. The summed E-state index contributed by atoms with van der Waals surface area (Å²) in [5.74, 6) is 2.06. The lowest BCUT2D eigenvalue weighted by molar-refractivity contribution is -0.117. The number of ether oxygens (including phenoxy) is 1. The Labute approximate surface area is 187 Å². The van der Waals surface area contributed by atoms with E-state index in [9.17, 15) is 9.90 Å². The number of aromatic nitrogens is 2.